The van der Waals surface area contributed by atoms with Gasteiger partial charge >= 0.3 is 5.97 Å². The van der Waals surface area contributed by atoms with Crippen molar-refractivity contribution < 1.29 is 9.53 Å². The van der Waals surface area contributed by atoms with E-state index >= 15 is 0 Å². The first-order chi connectivity index (χ1) is 6.20. The first-order valence-electron chi connectivity index (χ1n) is 4.77. The molecule has 1 saturated carbocycles. The number of allylic oxidation sites excluding steroid dienone is 1. The van der Waals surface area contributed by atoms with Gasteiger partial charge in [0.2, 0.25) is 0 Å². The minimum absolute atomic E-state index is 0.0659. The fourth-order valence-electron chi connectivity index (χ4n) is 2.32. The second kappa shape index (κ2) is 3.59. The molecular formula is C10H13IO2. The summed E-state index contributed by atoms with van der Waals surface area (Å²) in [5.74, 6) is 0.335. The van der Waals surface area contributed by atoms with Crippen LogP contribution in [0.15, 0.2) is 9.15 Å². The van der Waals surface area contributed by atoms with Gasteiger partial charge in [-0.05, 0) is 52.4 Å². The molecule has 2 rings (SSSR count). The van der Waals surface area contributed by atoms with Gasteiger partial charge in [0.15, 0.2) is 0 Å². The molecule has 0 aromatic rings. The number of carbonyl (C=O) groups excluding carboxylic acids is 1. The summed E-state index contributed by atoms with van der Waals surface area (Å²) in [7, 11) is 0. The minimum atomic E-state index is -0.0659. The predicted molar refractivity (Wildman–Crippen MR) is 58.6 cm³/mol. The second-order valence-electron chi connectivity index (χ2n) is 3.78. The summed E-state index contributed by atoms with van der Waals surface area (Å²) in [6.07, 6.45) is 4.84. The molecule has 72 valence electrons. The third-order valence-electron chi connectivity index (χ3n) is 2.92. The standard InChI is InChI=1S/C10H13IO2/c1-6(11)9-7-4-2-3-5-8(7)13-10(9)12/h7-8H,2-5H2,1H3/b9-6-/t7-,8+/m1/s1. The van der Waals surface area contributed by atoms with E-state index in [4.69, 9.17) is 4.74 Å². The van der Waals surface area contributed by atoms with E-state index in [-0.39, 0.29) is 12.1 Å². The average molecular weight is 292 g/mol. The van der Waals surface area contributed by atoms with Crippen LogP contribution in [0.3, 0.4) is 0 Å². The van der Waals surface area contributed by atoms with Crippen molar-refractivity contribution in [1.82, 2.24) is 0 Å². The lowest BCUT2D eigenvalue weighted by molar-refractivity contribution is -0.139. The van der Waals surface area contributed by atoms with Crippen molar-refractivity contribution in [1.29, 1.82) is 0 Å². The summed E-state index contributed by atoms with van der Waals surface area (Å²) in [4.78, 5) is 11.5. The highest BCUT2D eigenvalue weighted by molar-refractivity contribution is 14.1. The molecule has 0 aromatic heterocycles. The molecule has 1 aliphatic carbocycles. The van der Waals surface area contributed by atoms with Gasteiger partial charge in [0.25, 0.3) is 0 Å². The molecule has 0 N–H and O–H groups in total. The van der Waals surface area contributed by atoms with Crippen LogP contribution in [0.2, 0.25) is 0 Å². The topological polar surface area (TPSA) is 26.3 Å². The Morgan fingerprint density at radius 1 is 1.46 bits per heavy atom. The van der Waals surface area contributed by atoms with Crippen molar-refractivity contribution in [3.63, 3.8) is 0 Å². The number of hydrogen-bond donors (Lipinski definition) is 0. The zero-order valence-electron chi connectivity index (χ0n) is 7.68. The number of fused-ring (bicyclic) bond motifs is 1. The van der Waals surface area contributed by atoms with E-state index in [9.17, 15) is 4.79 Å². The molecule has 0 spiro atoms. The van der Waals surface area contributed by atoms with E-state index in [2.05, 4.69) is 22.6 Å². The maximum atomic E-state index is 11.5. The van der Waals surface area contributed by atoms with Crippen molar-refractivity contribution >= 4 is 28.6 Å². The monoisotopic (exact) mass is 292 g/mol. The highest BCUT2D eigenvalue weighted by Gasteiger charge is 2.41. The summed E-state index contributed by atoms with van der Waals surface area (Å²) in [6, 6.07) is 0. The number of rotatable bonds is 0. The molecule has 0 bridgehead atoms. The molecule has 0 radical (unpaired) electrons. The van der Waals surface area contributed by atoms with E-state index in [1.807, 2.05) is 6.92 Å². The molecule has 1 heterocycles. The van der Waals surface area contributed by atoms with Crippen LogP contribution in [-0.4, -0.2) is 12.1 Å². The highest BCUT2D eigenvalue weighted by atomic mass is 127. The fourth-order valence-corrected chi connectivity index (χ4v) is 2.94. The lowest BCUT2D eigenvalue weighted by Crippen LogP contribution is -2.20. The Balaban J connectivity index is 2.29. The minimum Gasteiger partial charge on any atom is -0.458 e. The Labute approximate surface area is 91.9 Å². The van der Waals surface area contributed by atoms with Crippen LogP contribution in [0, 0.1) is 5.92 Å². The first-order valence-corrected chi connectivity index (χ1v) is 5.85. The van der Waals surface area contributed by atoms with Crippen molar-refractivity contribution in [3.05, 3.63) is 9.15 Å². The van der Waals surface area contributed by atoms with Gasteiger partial charge in [-0.2, -0.15) is 0 Å². The third-order valence-corrected chi connectivity index (χ3v) is 3.50. The lowest BCUT2D eigenvalue weighted by Gasteiger charge is -2.22. The number of esters is 1. The number of carbonyl (C=O) groups is 1. The molecule has 1 aliphatic heterocycles. The third kappa shape index (κ3) is 1.63. The molecule has 2 nitrogen and oxygen atoms in total. The van der Waals surface area contributed by atoms with E-state index < -0.39 is 0 Å². The molecule has 0 aromatic carbocycles. The Bertz CT molecular complexity index is 266. The van der Waals surface area contributed by atoms with Crippen LogP contribution in [0.25, 0.3) is 0 Å². The van der Waals surface area contributed by atoms with Gasteiger partial charge in [-0.3, -0.25) is 0 Å². The lowest BCUT2D eigenvalue weighted by atomic mass is 9.83. The zero-order valence-corrected chi connectivity index (χ0v) is 9.84. The highest BCUT2D eigenvalue weighted by Crippen LogP contribution is 2.40. The Morgan fingerprint density at radius 2 is 2.15 bits per heavy atom. The molecular weight excluding hydrogens is 279 g/mol. The average Bonchev–Trinajstić information content (AvgIpc) is 2.39. The number of halogens is 1. The summed E-state index contributed by atoms with van der Waals surface area (Å²) in [5, 5.41) is 0. The number of hydrogen-bond acceptors (Lipinski definition) is 2. The SMILES string of the molecule is C/C(I)=C1/C(=O)O[C@H]2CCCC[C@@H]12. The first kappa shape index (κ1) is 9.49. The van der Waals surface area contributed by atoms with Gasteiger partial charge < -0.3 is 4.74 Å². The van der Waals surface area contributed by atoms with Crippen molar-refractivity contribution in [3.8, 4) is 0 Å². The molecule has 2 atom stereocenters. The Hall–Kier alpha value is -0.0600. The summed E-state index contributed by atoms with van der Waals surface area (Å²) < 4.78 is 6.45. The van der Waals surface area contributed by atoms with Crippen LogP contribution in [0.1, 0.15) is 32.6 Å². The smallest absolute Gasteiger partial charge is 0.335 e. The normalized spacial score (nSPS) is 36.9. The van der Waals surface area contributed by atoms with E-state index in [1.165, 1.54) is 12.8 Å². The van der Waals surface area contributed by atoms with Crippen LogP contribution in [-0.2, 0) is 9.53 Å². The maximum absolute atomic E-state index is 11.5. The van der Waals surface area contributed by atoms with E-state index in [0.29, 0.717) is 5.92 Å². The quantitative estimate of drug-likeness (QED) is 0.390. The van der Waals surface area contributed by atoms with Gasteiger partial charge in [0.05, 0.1) is 5.57 Å². The van der Waals surface area contributed by atoms with Gasteiger partial charge in [-0.1, -0.05) is 6.42 Å². The second-order valence-corrected chi connectivity index (χ2v) is 5.40. The van der Waals surface area contributed by atoms with Gasteiger partial charge in [-0.15, -0.1) is 0 Å². The number of ether oxygens (including phenoxy) is 1. The maximum Gasteiger partial charge on any atom is 0.335 e. The van der Waals surface area contributed by atoms with E-state index in [1.54, 1.807) is 0 Å². The van der Waals surface area contributed by atoms with E-state index in [0.717, 1.165) is 22.0 Å². The molecule has 2 fully saturated rings. The van der Waals surface area contributed by atoms with Crippen molar-refractivity contribution in [2.75, 3.05) is 0 Å². The predicted octanol–water partition coefficient (Wildman–Crippen LogP) is 2.81. The zero-order chi connectivity index (χ0) is 9.42. The molecule has 1 saturated heterocycles. The van der Waals surface area contributed by atoms with Gasteiger partial charge in [0, 0.05) is 5.92 Å². The molecule has 3 heteroatoms. The largest absolute Gasteiger partial charge is 0.458 e. The van der Waals surface area contributed by atoms with Gasteiger partial charge in [0.1, 0.15) is 6.10 Å². The van der Waals surface area contributed by atoms with Crippen LogP contribution < -0.4 is 0 Å². The summed E-state index contributed by atoms with van der Waals surface area (Å²) in [5.41, 5.74) is 0.949. The molecule has 13 heavy (non-hydrogen) atoms. The Kier molecular flexibility index (Phi) is 2.62. The van der Waals surface area contributed by atoms with Gasteiger partial charge in [-0.25, -0.2) is 4.79 Å². The molecule has 0 amide bonds. The molecule has 2 aliphatic rings. The van der Waals surface area contributed by atoms with Crippen molar-refractivity contribution in [2.45, 2.75) is 38.7 Å². The summed E-state index contributed by atoms with van der Waals surface area (Å²) >= 11 is 2.23. The molecule has 0 unspecified atom stereocenters. The van der Waals surface area contributed by atoms with Crippen LogP contribution in [0.5, 0.6) is 0 Å². The summed E-state index contributed by atoms with van der Waals surface area (Å²) in [6.45, 7) is 1.99. The Morgan fingerprint density at radius 3 is 2.85 bits per heavy atom. The van der Waals surface area contributed by atoms with Crippen LogP contribution >= 0.6 is 22.6 Å². The van der Waals surface area contributed by atoms with Crippen LogP contribution in [0.4, 0.5) is 0 Å². The van der Waals surface area contributed by atoms with Crippen molar-refractivity contribution in [2.24, 2.45) is 5.92 Å². The fraction of sp³-hybridized carbons (Fsp3) is 0.700.